The second-order valence-electron chi connectivity index (χ2n) is 2.79. The maximum absolute atomic E-state index is 4.15. The lowest BCUT2D eigenvalue weighted by atomic mass is 10.2. The molecule has 0 amide bonds. The van der Waals surface area contributed by atoms with E-state index in [1.54, 1.807) is 13.2 Å². The molecule has 0 unspecified atom stereocenters. The summed E-state index contributed by atoms with van der Waals surface area (Å²) >= 11 is 0. The minimum atomic E-state index is 0.606. The molecular weight excluding hydrogens is 166 g/mol. The minimum absolute atomic E-state index is 0.606. The van der Waals surface area contributed by atoms with E-state index in [0.29, 0.717) is 5.82 Å². The molecule has 0 aromatic carbocycles. The largest absolute Gasteiger partial charge is 0.261 e. The average Bonchev–Trinajstić information content (AvgIpc) is 2.53. The van der Waals surface area contributed by atoms with E-state index < -0.39 is 0 Å². The number of hydrogen-bond donors (Lipinski definition) is 0. The van der Waals surface area contributed by atoms with Crippen LogP contribution in [0.2, 0.25) is 0 Å². The number of pyridine rings is 1. The Labute approximate surface area is 75.4 Å². The number of aromatic nitrogens is 5. The van der Waals surface area contributed by atoms with Gasteiger partial charge < -0.3 is 0 Å². The van der Waals surface area contributed by atoms with Gasteiger partial charge in [-0.1, -0.05) is 0 Å². The zero-order valence-electron chi connectivity index (χ0n) is 7.47. The highest BCUT2D eigenvalue weighted by Gasteiger charge is 2.03. The summed E-state index contributed by atoms with van der Waals surface area (Å²) in [6, 6.07) is 3.85. The normalized spacial score (nSPS) is 10.3. The van der Waals surface area contributed by atoms with E-state index in [9.17, 15) is 0 Å². The number of rotatable bonds is 1. The van der Waals surface area contributed by atoms with Crippen LogP contribution in [0.5, 0.6) is 0 Å². The molecule has 0 saturated carbocycles. The topological polar surface area (TPSA) is 56.5 Å². The molecule has 0 bridgehead atoms. The fourth-order valence-corrected chi connectivity index (χ4v) is 1.000. The maximum Gasteiger partial charge on any atom is 0.206 e. The molecule has 5 heteroatoms. The summed E-state index contributed by atoms with van der Waals surface area (Å²) in [5.41, 5.74) is 1.87. The van der Waals surface area contributed by atoms with Crippen molar-refractivity contribution in [1.82, 2.24) is 25.2 Å². The number of hydrogen-bond acceptors (Lipinski definition) is 4. The minimum Gasteiger partial charge on any atom is -0.261 e. The van der Waals surface area contributed by atoms with Gasteiger partial charge in [0.1, 0.15) is 0 Å². The zero-order chi connectivity index (χ0) is 9.26. The number of tetrazole rings is 1. The van der Waals surface area contributed by atoms with Crippen LogP contribution in [0, 0.1) is 6.92 Å². The first-order valence-corrected chi connectivity index (χ1v) is 3.93. The third-order valence-corrected chi connectivity index (χ3v) is 1.68. The van der Waals surface area contributed by atoms with Crippen LogP contribution in [-0.4, -0.2) is 25.2 Å². The summed E-state index contributed by atoms with van der Waals surface area (Å²) in [7, 11) is 1.73. The van der Waals surface area contributed by atoms with Gasteiger partial charge in [-0.05, 0) is 24.3 Å². The molecule has 0 aliphatic carbocycles. The van der Waals surface area contributed by atoms with Crippen LogP contribution in [0.25, 0.3) is 11.4 Å². The van der Waals surface area contributed by atoms with Gasteiger partial charge in [-0.15, -0.1) is 10.2 Å². The molecule has 0 spiro atoms. The van der Waals surface area contributed by atoms with Crippen LogP contribution >= 0.6 is 0 Å². The average molecular weight is 175 g/mol. The zero-order valence-corrected chi connectivity index (χ0v) is 7.47. The second-order valence-corrected chi connectivity index (χ2v) is 2.79. The summed E-state index contributed by atoms with van der Waals surface area (Å²) in [4.78, 5) is 5.57. The molecule has 2 heterocycles. The van der Waals surface area contributed by atoms with Crippen LogP contribution in [0.4, 0.5) is 0 Å². The van der Waals surface area contributed by atoms with Gasteiger partial charge in [-0.2, -0.15) is 4.80 Å². The third kappa shape index (κ3) is 1.53. The highest BCUT2D eigenvalue weighted by Crippen LogP contribution is 2.11. The van der Waals surface area contributed by atoms with Gasteiger partial charge in [0.2, 0.25) is 5.82 Å². The molecule has 13 heavy (non-hydrogen) atoms. The quantitative estimate of drug-likeness (QED) is 0.636. The van der Waals surface area contributed by atoms with Crippen LogP contribution in [0.1, 0.15) is 5.69 Å². The molecule has 2 rings (SSSR count). The predicted octanol–water partition coefficient (Wildman–Crippen LogP) is 0.581. The molecule has 0 atom stereocenters. The van der Waals surface area contributed by atoms with Crippen LogP contribution in [0.3, 0.4) is 0 Å². The highest BCUT2D eigenvalue weighted by atomic mass is 15.6. The molecule has 66 valence electrons. The third-order valence-electron chi connectivity index (χ3n) is 1.68. The Morgan fingerprint density at radius 3 is 2.69 bits per heavy atom. The smallest absolute Gasteiger partial charge is 0.206 e. The van der Waals surface area contributed by atoms with Crippen molar-refractivity contribution >= 4 is 0 Å². The lowest BCUT2D eigenvalue weighted by Crippen LogP contribution is -1.92. The van der Waals surface area contributed by atoms with E-state index in [2.05, 4.69) is 20.4 Å². The van der Waals surface area contributed by atoms with Gasteiger partial charge in [0.15, 0.2) is 0 Å². The van der Waals surface area contributed by atoms with Crippen molar-refractivity contribution in [3.63, 3.8) is 0 Å². The number of nitrogens with zero attached hydrogens (tertiary/aromatic N) is 5. The van der Waals surface area contributed by atoms with Gasteiger partial charge >= 0.3 is 0 Å². The fraction of sp³-hybridized carbons (Fsp3) is 0.250. The summed E-state index contributed by atoms with van der Waals surface area (Å²) in [6.45, 7) is 1.94. The van der Waals surface area contributed by atoms with Crippen LogP contribution in [0.15, 0.2) is 18.3 Å². The van der Waals surface area contributed by atoms with E-state index in [4.69, 9.17) is 0 Å². The van der Waals surface area contributed by atoms with Gasteiger partial charge in [-0.25, -0.2) is 0 Å². The van der Waals surface area contributed by atoms with Gasteiger partial charge in [-0.3, -0.25) is 4.98 Å². The van der Waals surface area contributed by atoms with Crippen molar-refractivity contribution in [2.45, 2.75) is 6.92 Å². The van der Waals surface area contributed by atoms with Crippen molar-refractivity contribution in [2.75, 3.05) is 0 Å². The predicted molar refractivity (Wildman–Crippen MR) is 46.8 cm³/mol. The summed E-state index contributed by atoms with van der Waals surface area (Å²) in [6.07, 6.45) is 1.74. The standard InChI is InChI=1S/C8H9N5/c1-6-3-4-7(5-9-6)8-10-12-13(2)11-8/h3-5H,1-2H3. The molecule has 0 saturated heterocycles. The van der Waals surface area contributed by atoms with Crippen LogP contribution < -0.4 is 0 Å². The summed E-state index contributed by atoms with van der Waals surface area (Å²) in [5.74, 6) is 0.606. The molecule has 0 fully saturated rings. The molecule has 0 N–H and O–H groups in total. The Balaban J connectivity index is 2.41. The van der Waals surface area contributed by atoms with E-state index in [-0.39, 0.29) is 0 Å². The Morgan fingerprint density at radius 1 is 1.31 bits per heavy atom. The maximum atomic E-state index is 4.15. The van der Waals surface area contributed by atoms with Gasteiger partial charge in [0, 0.05) is 17.5 Å². The lowest BCUT2D eigenvalue weighted by Gasteiger charge is -1.93. The first kappa shape index (κ1) is 7.85. The lowest BCUT2D eigenvalue weighted by molar-refractivity contribution is 0.630. The Hall–Kier alpha value is -1.78. The summed E-state index contributed by atoms with van der Waals surface area (Å²) < 4.78 is 0. The highest BCUT2D eigenvalue weighted by molar-refractivity contribution is 5.51. The molecule has 0 radical (unpaired) electrons. The van der Waals surface area contributed by atoms with Crippen molar-refractivity contribution in [3.05, 3.63) is 24.0 Å². The Bertz CT molecular complexity index is 403. The van der Waals surface area contributed by atoms with Gasteiger partial charge in [0.25, 0.3) is 0 Å². The first-order chi connectivity index (χ1) is 6.25. The Kier molecular flexibility index (Phi) is 1.77. The van der Waals surface area contributed by atoms with Gasteiger partial charge in [0.05, 0.1) is 7.05 Å². The number of aryl methyl sites for hydroxylation is 2. The van der Waals surface area contributed by atoms with E-state index in [0.717, 1.165) is 11.3 Å². The summed E-state index contributed by atoms with van der Waals surface area (Å²) in [5, 5.41) is 11.7. The van der Waals surface area contributed by atoms with Crippen molar-refractivity contribution in [3.8, 4) is 11.4 Å². The fourth-order valence-electron chi connectivity index (χ4n) is 1.000. The monoisotopic (exact) mass is 175 g/mol. The van der Waals surface area contributed by atoms with Crippen molar-refractivity contribution < 1.29 is 0 Å². The molecular formula is C8H9N5. The SMILES string of the molecule is Cc1ccc(-c2nnn(C)n2)cn1. The molecule has 2 aromatic rings. The van der Waals surface area contributed by atoms with E-state index in [1.165, 1.54) is 4.80 Å². The molecule has 0 aliphatic heterocycles. The molecule has 0 aliphatic rings. The second kappa shape index (κ2) is 2.93. The molecule has 5 nitrogen and oxygen atoms in total. The van der Waals surface area contributed by atoms with Crippen molar-refractivity contribution in [1.29, 1.82) is 0 Å². The first-order valence-electron chi connectivity index (χ1n) is 3.93. The van der Waals surface area contributed by atoms with Crippen molar-refractivity contribution in [2.24, 2.45) is 7.05 Å². The molecule has 2 aromatic heterocycles. The van der Waals surface area contributed by atoms with E-state index in [1.807, 2.05) is 19.1 Å². The van der Waals surface area contributed by atoms with E-state index >= 15 is 0 Å². The Morgan fingerprint density at radius 2 is 2.15 bits per heavy atom. The van der Waals surface area contributed by atoms with Crippen LogP contribution in [-0.2, 0) is 7.05 Å².